The summed E-state index contributed by atoms with van der Waals surface area (Å²) in [5, 5.41) is 2.40. The van der Waals surface area contributed by atoms with Crippen LogP contribution in [0.1, 0.15) is 27.6 Å². The molecule has 1 fully saturated rings. The van der Waals surface area contributed by atoms with Gasteiger partial charge in [0.1, 0.15) is 15.6 Å². The summed E-state index contributed by atoms with van der Waals surface area (Å²) in [5.41, 5.74) is 2.00. The van der Waals surface area contributed by atoms with Crippen molar-refractivity contribution < 1.29 is 9.53 Å². The number of aromatic nitrogens is 1. The van der Waals surface area contributed by atoms with Crippen LogP contribution in [-0.2, 0) is 0 Å². The fourth-order valence-electron chi connectivity index (χ4n) is 4.01. The van der Waals surface area contributed by atoms with Gasteiger partial charge in [0.25, 0.3) is 5.91 Å². The van der Waals surface area contributed by atoms with E-state index in [0.717, 1.165) is 40.0 Å². The number of hydrogen-bond acceptors (Lipinski definition) is 4. The van der Waals surface area contributed by atoms with Crippen LogP contribution < -0.4 is 4.74 Å². The van der Waals surface area contributed by atoms with E-state index in [1.54, 1.807) is 7.11 Å². The third kappa shape index (κ3) is 3.24. The average Bonchev–Trinajstić information content (AvgIpc) is 3.40. The van der Waals surface area contributed by atoms with Crippen molar-refractivity contribution in [2.45, 2.75) is 12.3 Å². The second-order valence-electron chi connectivity index (χ2n) is 7.29. The second-order valence-corrected chi connectivity index (χ2v) is 8.70. The standard InChI is InChI=1S/C23H19ClN2O2S/c1-28-18-8-7-15-11-17-12-19(29-22(17)25-21(15)20(18)24)23(27)26-10-9-16(13-26)14-5-3-2-4-6-14/h2-8,11-12,16H,9-10,13H2,1H3/t16-/m0/s1. The highest BCUT2D eigenvalue weighted by molar-refractivity contribution is 7.20. The average molecular weight is 423 g/mol. The molecule has 29 heavy (non-hydrogen) atoms. The Kier molecular flexibility index (Phi) is 4.64. The van der Waals surface area contributed by atoms with Crippen molar-refractivity contribution in [2.24, 2.45) is 0 Å². The first-order valence-electron chi connectivity index (χ1n) is 9.55. The van der Waals surface area contributed by atoms with E-state index in [1.807, 2.05) is 35.2 Å². The van der Waals surface area contributed by atoms with Crippen molar-refractivity contribution in [3.63, 3.8) is 0 Å². The molecule has 1 amide bonds. The lowest BCUT2D eigenvalue weighted by atomic mass is 9.99. The van der Waals surface area contributed by atoms with Gasteiger partial charge in [-0.1, -0.05) is 41.9 Å². The van der Waals surface area contributed by atoms with Gasteiger partial charge in [0.2, 0.25) is 0 Å². The highest BCUT2D eigenvalue weighted by Crippen LogP contribution is 2.36. The number of fused-ring (bicyclic) bond motifs is 2. The summed E-state index contributed by atoms with van der Waals surface area (Å²) >= 11 is 7.86. The summed E-state index contributed by atoms with van der Waals surface area (Å²) in [5.74, 6) is 1.09. The minimum Gasteiger partial charge on any atom is -0.495 e. The van der Waals surface area contributed by atoms with Gasteiger partial charge in [-0.2, -0.15) is 0 Å². The Bertz CT molecular complexity index is 1220. The van der Waals surface area contributed by atoms with E-state index < -0.39 is 0 Å². The maximum atomic E-state index is 13.1. The van der Waals surface area contributed by atoms with Crippen LogP contribution in [0.5, 0.6) is 5.75 Å². The zero-order valence-corrected chi connectivity index (χ0v) is 17.5. The summed E-state index contributed by atoms with van der Waals surface area (Å²) in [4.78, 5) is 21.3. The van der Waals surface area contributed by atoms with E-state index in [4.69, 9.17) is 21.3 Å². The van der Waals surface area contributed by atoms with Crippen LogP contribution in [0.15, 0.2) is 54.6 Å². The quantitative estimate of drug-likeness (QED) is 0.422. The lowest BCUT2D eigenvalue weighted by Crippen LogP contribution is -2.27. The van der Waals surface area contributed by atoms with Crippen LogP contribution >= 0.6 is 22.9 Å². The number of methoxy groups -OCH3 is 1. The SMILES string of the molecule is COc1ccc2cc3cc(C(=O)N4CC[C@H](c5ccccc5)C4)sc3nc2c1Cl. The molecule has 0 spiro atoms. The number of amides is 1. The molecule has 0 saturated carbocycles. The first-order chi connectivity index (χ1) is 14.1. The summed E-state index contributed by atoms with van der Waals surface area (Å²) < 4.78 is 5.29. The lowest BCUT2D eigenvalue weighted by molar-refractivity contribution is 0.0795. The van der Waals surface area contributed by atoms with Gasteiger partial charge in [-0.15, -0.1) is 11.3 Å². The maximum Gasteiger partial charge on any atom is 0.264 e. The minimum absolute atomic E-state index is 0.0826. The number of hydrogen-bond donors (Lipinski definition) is 0. The van der Waals surface area contributed by atoms with Crippen LogP contribution in [0.3, 0.4) is 0 Å². The number of halogens is 1. The highest BCUT2D eigenvalue weighted by atomic mass is 35.5. The van der Waals surface area contributed by atoms with Gasteiger partial charge in [0.15, 0.2) is 0 Å². The van der Waals surface area contributed by atoms with E-state index >= 15 is 0 Å². The zero-order valence-electron chi connectivity index (χ0n) is 15.9. The maximum absolute atomic E-state index is 13.1. The monoisotopic (exact) mass is 422 g/mol. The number of pyridine rings is 1. The number of thiophene rings is 1. The second kappa shape index (κ2) is 7.32. The zero-order chi connectivity index (χ0) is 20.0. The van der Waals surface area contributed by atoms with Gasteiger partial charge in [0, 0.05) is 29.8 Å². The number of carbonyl (C=O) groups is 1. The normalized spacial score (nSPS) is 16.6. The van der Waals surface area contributed by atoms with E-state index in [1.165, 1.54) is 16.9 Å². The van der Waals surface area contributed by atoms with Crippen molar-refractivity contribution in [3.8, 4) is 5.75 Å². The van der Waals surface area contributed by atoms with Crippen molar-refractivity contribution >= 4 is 50.0 Å². The van der Waals surface area contributed by atoms with Gasteiger partial charge in [0.05, 0.1) is 17.5 Å². The topological polar surface area (TPSA) is 42.4 Å². The van der Waals surface area contributed by atoms with E-state index in [2.05, 4.69) is 24.3 Å². The molecule has 0 bridgehead atoms. The number of ether oxygens (including phenoxy) is 1. The Hall–Kier alpha value is -2.63. The van der Waals surface area contributed by atoms with Crippen LogP contribution in [0, 0.1) is 0 Å². The molecule has 1 aliphatic rings. The Morgan fingerprint density at radius 2 is 2.00 bits per heavy atom. The summed E-state index contributed by atoms with van der Waals surface area (Å²) in [7, 11) is 1.59. The molecule has 3 heterocycles. The largest absolute Gasteiger partial charge is 0.495 e. The molecule has 5 rings (SSSR count). The number of benzene rings is 2. The van der Waals surface area contributed by atoms with E-state index in [0.29, 0.717) is 22.2 Å². The van der Waals surface area contributed by atoms with Gasteiger partial charge in [-0.25, -0.2) is 4.98 Å². The molecule has 1 atom stereocenters. The van der Waals surface area contributed by atoms with Crippen molar-refractivity contribution in [1.82, 2.24) is 9.88 Å². The minimum atomic E-state index is 0.0826. The molecule has 4 nitrogen and oxygen atoms in total. The van der Waals surface area contributed by atoms with Crippen molar-refractivity contribution in [1.29, 1.82) is 0 Å². The van der Waals surface area contributed by atoms with Gasteiger partial charge >= 0.3 is 0 Å². The van der Waals surface area contributed by atoms with E-state index in [-0.39, 0.29) is 5.91 Å². The van der Waals surface area contributed by atoms with Crippen LogP contribution in [0.25, 0.3) is 21.1 Å². The molecule has 0 N–H and O–H groups in total. The predicted molar refractivity (Wildman–Crippen MR) is 118 cm³/mol. The molecule has 1 aliphatic heterocycles. The Morgan fingerprint density at radius 3 is 2.79 bits per heavy atom. The molecule has 0 unspecified atom stereocenters. The third-order valence-electron chi connectivity index (χ3n) is 5.55. The number of nitrogens with zero attached hydrogens (tertiary/aromatic N) is 2. The smallest absolute Gasteiger partial charge is 0.264 e. The summed E-state index contributed by atoms with van der Waals surface area (Å²) in [6.45, 7) is 1.54. The molecule has 2 aromatic carbocycles. The fraction of sp³-hybridized carbons (Fsp3) is 0.217. The van der Waals surface area contributed by atoms with Crippen molar-refractivity contribution in [3.05, 3.63) is 70.1 Å². The Balaban J connectivity index is 1.45. The van der Waals surface area contributed by atoms with Crippen molar-refractivity contribution in [2.75, 3.05) is 20.2 Å². The molecule has 6 heteroatoms. The lowest BCUT2D eigenvalue weighted by Gasteiger charge is -2.15. The number of carbonyl (C=O) groups excluding carboxylic acids is 1. The van der Waals surface area contributed by atoms with Gasteiger partial charge in [-0.3, -0.25) is 4.79 Å². The fourth-order valence-corrected chi connectivity index (χ4v) is 5.28. The Morgan fingerprint density at radius 1 is 1.17 bits per heavy atom. The number of rotatable bonds is 3. The molecular formula is C23H19ClN2O2S. The van der Waals surface area contributed by atoms with E-state index in [9.17, 15) is 4.79 Å². The van der Waals surface area contributed by atoms with Gasteiger partial charge < -0.3 is 9.64 Å². The Labute approximate surface area is 177 Å². The van der Waals surface area contributed by atoms with Crippen LogP contribution in [0.2, 0.25) is 5.02 Å². The molecule has 0 aliphatic carbocycles. The molecule has 4 aromatic rings. The van der Waals surface area contributed by atoms with Crippen LogP contribution in [-0.4, -0.2) is 36.0 Å². The number of likely N-dealkylation sites (tertiary alicyclic amines) is 1. The molecule has 146 valence electrons. The molecule has 1 saturated heterocycles. The van der Waals surface area contributed by atoms with Gasteiger partial charge in [-0.05, 0) is 36.2 Å². The highest BCUT2D eigenvalue weighted by Gasteiger charge is 2.29. The summed E-state index contributed by atoms with van der Waals surface area (Å²) in [6, 6.07) is 18.2. The molecular weight excluding hydrogens is 404 g/mol. The molecule has 2 aromatic heterocycles. The predicted octanol–water partition coefficient (Wildman–Crippen LogP) is 5.74. The first-order valence-corrected chi connectivity index (χ1v) is 10.7. The third-order valence-corrected chi connectivity index (χ3v) is 6.95. The summed E-state index contributed by atoms with van der Waals surface area (Å²) in [6.07, 6.45) is 0.998. The first kappa shape index (κ1) is 18.4. The van der Waals surface area contributed by atoms with Crippen LogP contribution in [0.4, 0.5) is 0 Å². The molecule has 0 radical (unpaired) electrons.